The molecule has 18 heavy (non-hydrogen) atoms. The predicted molar refractivity (Wildman–Crippen MR) is 63.3 cm³/mol. The Balaban J connectivity index is 2.36. The van der Waals surface area contributed by atoms with Crippen LogP contribution in [-0.2, 0) is 16.1 Å². The van der Waals surface area contributed by atoms with Gasteiger partial charge in [0.25, 0.3) is 0 Å². The van der Waals surface area contributed by atoms with E-state index >= 15 is 0 Å². The van der Waals surface area contributed by atoms with E-state index in [0.717, 1.165) is 0 Å². The summed E-state index contributed by atoms with van der Waals surface area (Å²) in [4.78, 5) is 22.2. The Morgan fingerprint density at radius 3 is 2.89 bits per heavy atom. The number of rotatable bonds is 4. The van der Waals surface area contributed by atoms with Gasteiger partial charge in [-0.25, -0.2) is 4.79 Å². The zero-order valence-electron chi connectivity index (χ0n) is 9.79. The number of benzene rings is 1. The fraction of sp³-hybridized carbons (Fsp3) is 0.250. The van der Waals surface area contributed by atoms with Crippen molar-refractivity contribution in [3.05, 3.63) is 30.0 Å². The Morgan fingerprint density at radius 2 is 2.22 bits per heavy atom. The number of carbonyl (C=O) groups is 2. The Labute approximate surface area is 103 Å². The molecule has 0 saturated carbocycles. The maximum atomic E-state index is 11.5. The second-order valence-electron chi connectivity index (χ2n) is 3.69. The van der Waals surface area contributed by atoms with Crippen LogP contribution in [0, 0.1) is 0 Å². The van der Waals surface area contributed by atoms with Crippen LogP contribution < -0.4 is 0 Å². The molecule has 0 aliphatic heterocycles. The highest BCUT2D eigenvalue weighted by Crippen LogP contribution is 2.16. The summed E-state index contributed by atoms with van der Waals surface area (Å²) < 4.78 is 6.26. The fourth-order valence-corrected chi connectivity index (χ4v) is 1.68. The number of hydrogen-bond donors (Lipinski definition) is 1. The molecule has 0 aliphatic rings. The second kappa shape index (κ2) is 4.87. The van der Waals surface area contributed by atoms with Gasteiger partial charge in [0.1, 0.15) is 6.54 Å². The van der Waals surface area contributed by atoms with Gasteiger partial charge in [-0.2, -0.15) is 5.10 Å². The standard InChI is InChI=1S/C12H12N2O4/c1-2-18-12(17)8-3-4-10-9(5-8)6-13-14(10)7-11(15)16/h3-6H,2,7H2,1H3,(H,15,16). The summed E-state index contributed by atoms with van der Waals surface area (Å²) in [5, 5.41) is 13.4. The van der Waals surface area contributed by atoms with E-state index in [1.165, 1.54) is 10.9 Å². The first-order chi connectivity index (χ1) is 8.61. The lowest BCUT2D eigenvalue weighted by molar-refractivity contribution is -0.137. The van der Waals surface area contributed by atoms with Crippen molar-refractivity contribution >= 4 is 22.8 Å². The van der Waals surface area contributed by atoms with Crippen LogP contribution in [0.1, 0.15) is 17.3 Å². The summed E-state index contributed by atoms with van der Waals surface area (Å²) in [6.07, 6.45) is 1.53. The monoisotopic (exact) mass is 248 g/mol. The zero-order chi connectivity index (χ0) is 13.1. The molecule has 0 unspecified atom stereocenters. The van der Waals surface area contributed by atoms with E-state index in [-0.39, 0.29) is 6.54 Å². The van der Waals surface area contributed by atoms with E-state index in [0.29, 0.717) is 23.1 Å². The van der Waals surface area contributed by atoms with Crippen LogP contribution in [0.15, 0.2) is 24.4 Å². The number of esters is 1. The van der Waals surface area contributed by atoms with Gasteiger partial charge in [0, 0.05) is 5.39 Å². The zero-order valence-corrected chi connectivity index (χ0v) is 9.79. The molecule has 1 aromatic carbocycles. The third kappa shape index (κ3) is 2.32. The number of hydrogen-bond acceptors (Lipinski definition) is 4. The van der Waals surface area contributed by atoms with Gasteiger partial charge in [0.2, 0.25) is 0 Å². The molecule has 94 valence electrons. The minimum Gasteiger partial charge on any atom is -0.480 e. The van der Waals surface area contributed by atoms with Crippen LogP contribution in [0.25, 0.3) is 10.9 Å². The minimum atomic E-state index is -0.963. The van der Waals surface area contributed by atoms with Crippen molar-refractivity contribution in [2.75, 3.05) is 6.61 Å². The third-order valence-electron chi connectivity index (χ3n) is 2.44. The van der Waals surface area contributed by atoms with Gasteiger partial charge in [-0.15, -0.1) is 0 Å². The largest absolute Gasteiger partial charge is 0.480 e. The third-order valence-corrected chi connectivity index (χ3v) is 2.44. The second-order valence-corrected chi connectivity index (χ2v) is 3.69. The van der Waals surface area contributed by atoms with E-state index < -0.39 is 11.9 Å². The van der Waals surface area contributed by atoms with E-state index in [1.54, 1.807) is 25.1 Å². The topological polar surface area (TPSA) is 81.4 Å². The van der Waals surface area contributed by atoms with Crippen molar-refractivity contribution in [3.8, 4) is 0 Å². The molecule has 1 N–H and O–H groups in total. The van der Waals surface area contributed by atoms with Gasteiger partial charge in [-0.3, -0.25) is 9.48 Å². The van der Waals surface area contributed by atoms with Crippen LogP contribution >= 0.6 is 0 Å². The summed E-state index contributed by atoms with van der Waals surface area (Å²) in [5.74, 6) is -1.36. The molecule has 1 aromatic heterocycles. The lowest BCUT2D eigenvalue weighted by Crippen LogP contribution is -2.09. The number of nitrogens with zero attached hydrogens (tertiary/aromatic N) is 2. The van der Waals surface area contributed by atoms with Gasteiger partial charge in [0.15, 0.2) is 0 Å². The van der Waals surface area contributed by atoms with Crippen molar-refractivity contribution < 1.29 is 19.4 Å². The summed E-state index contributed by atoms with van der Waals surface area (Å²) in [6, 6.07) is 4.90. The average molecular weight is 248 g/mol. The van der Waals surface area contributed by atoms with Gasteiger partial charge < -0.3 is 9.84 Å². The van der Waals surface area contributed by atoms with Crippen LogP contribution in [0.3, 0.4) is 0 Å². The summed E-state index contributed by atoms with van der Waals surface area (Å²) in [6.45, 7) is 1.85. The Hall–Kier alpha value is -2.37. The van der Waals surface area contributed by atoms with Gasteiger partial charge in [0.05, 0.1) is 23.9 Å². The normalized spacial score (nSPS) is 10.5. The molecule has 0 atom stereocenters. The van der Waals surface area contributed by atoms with Crippen molar-refractivity contribution in [2.45, 2.75) is 13.5 Å². The Bertz CT molecular complexity index is 603. The molecule has 2 rings (SSSR count). The lowest BCUT2D eigenvalue weighted by Gasteiger charge is -2.02. The first-order valence-corrected chi connectivity index (χ1v) is 5.46. The molecule has 0 aliphatic carbocycles. The Morgan fingerprint density at radius 1 is 1.44 bits per heavy atom. The number of aliphatic carboxylic acids is 1. The molecule has 0 fully saturated rings. The maximum Gasteiger partial charge on any atom is 0.338 e. The maximum absolute atomic E-state index is 11.5. The quantitative estimate of drug-likeness (QED) is 0.825. The van der Waals surface area contributed by atoms with Gasteiger partial charge in [-0.1, -0.05) is 0 Å². The van der Waals surface area contributed by atoms with E-state index in [2.05, 4.69) is 5.10 Å². The average Bonchev–Trinajstić information content (AvgIpc) is 2.71. The molecule has 1 heterocycles. The number of aromatic nitrogens is 2. The molecule has 0 radical (unpaired) electrons. The SMILES string of the molecule is CCOC(=O)c1ccc2c(cnn2CC(=O)O)c1. The first-order valence-electron chi connectivity index (χ1n) is 5.46. The molecular weight excluding hydrogens is 236 g/mol. The number of carboxylic acids is 1. The highest BCUT2D eigenvalue weighted by Gasteiger charge is 2.10. The van der Waals surface area contributed by atoms with Crippen LogP contribution in [0.4, 0.5) is 0 Å². The van der Waals surface area contributed by atoms with Crippen molar-refractivity contribution in [1.82, 2.24) is 9.78 Å². The molecule has 0 amide bonds. The minimum absolute atomic E-state index is 0.206. The van der Waals surface area contributed by atoms with Gasteiger partial charge >= 0.3 is 11.9 Å². The smallest absolute Gasteiger partial charge is 0.338 e. The van der Waals surface area contributed by atoms with Crippen molar-refractivity contribution in [2.24, 2.45) is 0 Å². The molecule has 6 nitrogen and oxygen atoms in total. The predicted octanol–water partition coefficient (Wildman–Crippen LogP) is 1.30. The van der Waals surface area contributed by atoms with E-state index in [4.69, 9.17) is 9.84 Å². The number of ether oxygens (including phenoxy) is 1. The number of fused-ring (bicyclic) bond motifs is 1. The highest BCUT2D eigenvalue weighted by molar-refractivity contribution is 5.94. The van der Waals surface area contributed by atoms with Crippen molar-refractivity contribution in [1.29, 1.82) is 0 Å². The fourth-order valence-electron chi connectivity index (χ4n) is 1.68. The van der Waals surface area contributed by atoms with E-state index in [9.17, 15) is 9.59 Å². The van der Waals surface area contributed by atoms with Gasteiger partial charge in [-0.05, 0) is 25.1 Å². The summed E-state index contributed by atoms with van der Waals surface area (Å²) in [7, 11) is 0. The molecule has 2 aromatic rings. The molecule has 0 spiro atoms. The number of carboxylic acid groups (broad SMARTS) is 1. The molecule has 0 bridgehead atoms. The lowest BCUT2D eigenvalue weighted by atomic mass is 10.1. The summed E-state index contributed by atoms with van der Waals surface area (Å²) in [5.41, 5.74) is 1.10. The summed E-state index contributed by atoms with van der Waals surface area (Å²) >= 11 is 0. The highest BCUT2D eigenvalue weighted by atomic mass is 16.5. The van der Waals surface area contributed by atoms with Crippen molar-refractivity contribution in [3.63, 3.8) is 0 Å². The number of carbonyl (C=O) groups excluding carboxylic acids is 1. The molecular formula is C12H12N2O4. The van der Waals surface area contributed by atoms with E-state index in [1.807, 2.05) is 0 Å². The Kier molecular flexibility index (Phi) is 3.27. The van der Waals surface area contributed by atoms with Crippen LogP contribution in [0.2, 0.25) is 0 Å². The molecule has 6 heteroatoms. The van der Waals surface area contributed by atoms with Crippen LogP contribution in [-0.4, -0.2) is 33.4 Å². The molecule has 0 saturated heterocycles. The van der Waals surface area contributed by atoms with Crippen LogP contribution in [0.5, 0.6) is 0 Å². The first kappa shape index (κ1) is 12.1.